The van der Waals surface area contributed by atoms with E-state index in [1.165, 1.54) is 18.2 Å². The summed E-state index contributed by atoms with van der Waals surface area (Å²) in [6.07, 6.45) is -9.56. The van der Waals surface area contributed by atoms with Crippen LogP contribution in [0.15, 0.2) is 42.5 Å². The van der Waals surface area contributed by atoms with Gasteiger partial charge in [0.25, 0.3) is 5.69 Å². The lowest BCUT2D eigenvalue weighted by atomic mass is 10.1. The SMILES string of the molecule is FC(F)(F)c1cc(CBr)cc(C(F)(F)F)c1.O=C(CBr)c1ccccc1[N+](=O)[O-]. The van der Waals surface area contributed by atoms with Crippen molar-refractivity contribution in [2.45, 2.75) is 17.7 Å². The van der Waals surface area contributed by atoms with E-state index in [1.807, 2.05) is 0 Å². The number of alkyl halides is 8. The molecule has 12 heteroatoms. The molecule has 0 fully saturated rings. The summed E-state index contributed by atoms with van der Waals surface area (Å²) in [7, 11) is 0. The molecular formula is C17H11Br2F6NO3. The third-order valence-electron chi connectivity index (χ3n) is 3.32. The summed E-state index contributed by atoms with van der Waals surface area (Å²) in [5.41, 5.74) is -2.66. The minimum absolute atomic E-state index is 0.0675. The van der Waals surface area contributed by atoms with E-state index in [9.17, 15) is 41.3 Å². The number of Topliss-reactive ketones (excluding diaryl/α,β-unsaturated/α-hetero) is 1. The number of carbonyl (C=O) groups is 1. The van der Waals surface area contributed by atoms with Crippen molar-refractivity contribution in [3.05, 3.63) is 74.8 Å². The number of nitro benzene ring substituents is 1. The molecule has 0 unspecified atom stereocenters. The van der Waals surface area contributed by atoms with E-state index in [-0.39, 0.29) is 39.3 Å². The highest BCUT2D eigenvalue weighted by atomic mass is 79.9. The van der Waals surface area contributed by atoms with Crippen LogP contribution in [0.1, 0.15) is 27.0 Å². The van der Waals surface area contributed by atoms with Gasteiger partial charge >= 0.3 is 12.4 Å². The first-order valence-electron chi connectivity index (χ1n) is 7.48. The number of hydrogen-bond donors (Lipinski definition) is 0. The standard InChI is InChI=1S/C9H5BrF6.C8H6BrNO3/c10-4-5-1-6(8(11,12)13)3-7(2-5)9(14,15)16;9-5-8(11)6-3-1-2-4-7(6)10(12)13/h1-3H,4H2;1-4H,5H2. The molecule has 2 rings (SSSR count). The van der Waals surface area contributed by atoms with E-state index in [0.29, 0.717) is 12.1 Å². The van der Waals surface area contributed by atoms with E-state index in [0.717, 1.165) is 0 Å². The Bertz CT molecular complexity index is 852. The second-order valence-electron chi connectivity index (χ2n) is 5.38. The summed E-state index contributed by atoms with van der Waals surface area (Å²) in [5, 5.41) is 10.5. The molecular weight excluding hydrogens is 540 g/mol. The first-order valence-corrected chi connectivity index (χ1v) is 9.72. The maximum absolute atomic E-state index is 12.3. The average Bonchev–Trinajstić information content (AvgIpc) is 2.66. The predicted molar refractivity (Wildman–Crippen MR) is 100 cm³/mol. The fourth-order valence-electron chi connectivity index (χ4n) is 2.04. The van der Waals surface area contributed by atoms with Gasteiger partial charge in [0, 0.05) is 11.4 Å². The molecule has 0 aliphatic carbocycles. The topological polar surface area (TPSA) is 60.2 Å². The smallest absolute Gasteiger partial charge is 0.293 e. The maximum atomic E-state index is 12.3. The highest BCUT2D eigenvalue weighted by Gasteiger charge is 2.36. The van der Waals surface area contributed by atoms with Crippen LogP contribution in [-0.4, -0.2) is 16.0 Å². The zero-order valence-corrected chi connectivity index (χ0v) is 17.3. The zero-order chi connectivity index (χ0) is 22.4. The molecule has 0 atom stereocenters. The Morgan fingerprint density at radius 3 is 1.79 bits per heavy atom. The van der Waals surface area contributed by atoms with E-state index < -0.39 is 28.4 Å². The van der Waals surface area contributed by atoms with Gasteiger partial charge in [-0.2, -0.15) is 26.3 Å². The second kappa shape index (κ2) is 10.2. The predicted octanol–water partition coefficient (Wildman–Crippen LogP) is 6.79. The number of benzene rings is 2. The third kappa shape index (κ3) is 7.42. The molecule has 29 heavy (non-hydrogen) atoms. The maximum Gasteiger partial charge on any atom is 0.416 e. The monoisotopic (exact) mass is 549 g/mol. The Morgan fingerprint density at radius 2 is 1.41 bits per heavy atom. The minimum atomic E-state index is -4.78. The molecule has 0 bridgehead atoms. The van der Waals surface area contributed by atoms with Crippen molar-refractivity contribution in [1.29, 1.82) is 0 Å². The van der Waals surface area contributed by atoms with Crippen LogP contribution in [-0.2, 0) is 17.7 Å². The molecule has 0 aromatic heterocycles. The van der Waals surface area contributed by atoms with Crippen LogP contribution < -0.4 is 0 Å². The normalized spacial score (nSPS) is 11.4. The number of ketones is 1. The molecule has 0 spiro atoms. The summed E-state index contributed by atoms with van der Waals surface area (Å²) in [6.45, 7) is 0. The van der Waals surface area contributed by atoms with Gasteiger partial charge in [-0.15, -0.1) is 0 Å². The Balaban J connectivity index is 0.000000296. The van der Waals surface area contributed by atoms with Crippen molar-refractivity contribution in [3.8, 4) is 0 Å². The summed E-state index contributed by atoms with van der Waals surface area (Å²) >= 11 is 5.79. The Kier molecular flexibility index (Phi) is 8.82. The van der Waals surface area contributed by atoms with Crippen molar-refractivity contribution in [2.24, 2.45) is 0 Å². The number of carbonyl (C=O) groups excluding carboxylic acids is 1. The van der Waals surface area contributed by atoms with Gasteiger partial charge in [0.2, 0.25) is 0 Å². The van der Waals surface area contributed by atoms with Crippen LogP contribution in [0.3, 0.4) is 0 Å². The third-order valence-corrected chi connectivity index (χ3v) is 4.48. The summed E-state index contributed by atoms with van der Waals surface area (Å²) in [5.74, 6) is -0.285. The van der Waals surface area contributed by atoms with Crippen LogP contribution >= 0.6 is 31.9 Å². The zero-order valence-electron chi connectivity index (χ0n) is 14.2. The fraction of sp³-hybridized carbons (Fsp3) is 0.235. The van der Waals surface area contributed by atoms with E-state index in [2.05, 4.69) is 31.9 Å². The molecule has 0 saturated heterocycles. The average molecular weight is 551 g/mol. The van der Waals surface area contributed by atoms with Crippen LogP contribution in [0.4, 0.5) is 32.0 Å². The Labute approximate surface area is 177 Å². The molecule has 0 amide bonds. The van der Waals surface area contributed by atoms with Gasteiger partial charge in [-0.3, -0.25) is 14.9 Å². The highest BCUT2D eigenvalue weighted by Crippen LogP contribution is 2.36. The summed E-state index contributed by atoms with van der Waals surface area (Å²) < 4.78 is 73.7. The molecule has 2 aromatic carbocycles. The first-order chi connectivity index (χ1) is 13.3. The molecule has 0 aliphatic heterocycles. The van der Waals surface area contributed by atoms with Crippen molar-refractivity contribution < 1.29 is 36.1 Å². The van der Waals surface area contributed by atoms with Crippen molar-refractivity contribution in [1.82, 2.24) is 0 Å². The quantitative estimate of drug-likeness (QED) is 0.138. The lowest BCUT2D eigenvalue weighted by molar-refractivity contribution is -0.385. The van der Waals surface area contributed by atoms with Crippen molar-refractivity contribution in [2.75, 3.05) is 5.33 Å². The fourth-order valence-corrected chi connectivity index (χ4v) is 2.66. The number of nitrogens with zero attached hydrogens (tertiary/aromatic N) is 1. The van der Waals surface area contributed by atoms with E-state index in [1.54, 1.807) is 6.07 Å². The van der Waals surface area contributed by atoms with E-state index >= 15 is 0 Å². The molecule has 0 N–H and O–H groups in total. The number of nitro groups is 1. The molecule has 158 valence electrons. The van der Waals surface area contributed by atoms with Gasteiger partial charge in [0.15, 0.2) is 5.78 Å². The highest BCUT2D eigenvalue weighted by molar-refractivity contribution is 9.09. The van der Waals surface area contributed by atoms with Crippen LogP contribution in [0.25, 0.3) is 0 Å². The molecule has 4 nitrogen and oxygen atoms in total. The van der Waals surface area contributed by atoms with Gasteiger partial charge in [-0.1, -0.05) is 44.0 Å². The lowest BCUT2D eigenvalue weighted by Crippen LogP contribution is -2.11. The largest absolute Gasteiger partial charge is 0.416 e. The lowest BCUT2D eigenvalue weighted by Gasteiger charge is -2.13. The second-order valence-corrected chi connectivity index (χ2v) is 6.50. The summed E-state index contributed by atoms with van der Waals surface area (Å²) in [4.78, 5) is 21.1. The van der Waals surface area contributed by atoms with E-state index in [4.69, 9.17) is 0 Å². The van der Waals surface area contributed by atoms with Crippen LogP contribution in [0.5, 0.6) is 0 Å². The van der Waals surface area contributed by atoms with Crippen molar-refractivity contribution in [3.63, 3.8) is 0 Å². The number of rotatable bonds is 4. The molecule has 0 heterocycles. The van der Waals surface area contributed by atoms with Gasteiger partial charge < -0.3 is 0 Å². The minimum Gasteiger partial charge on any atom is -0.293 e. The van der Waals surface area contributed by atoms with Gasteiger partial charge in [0.1, 0.15) is 0 Å². The van der Waals surface area contributed by atoms with Crippen LogP contribution in [0, 0.1) is 10.1 Å². The molecule has 2 aromatic rings. The number of para-hydroxylation sites is 1. The molecule has 0 radical (unpaired) electrons. The summed E-state index contributed by atoms with van der Waals surface area (Å²) in [6, 6.07) is 7.36. The van der Waals surface area contributed by atoms with Gasteiger partial charge in [-0.25, -0.2) is 0 Å². The van der Waals surface area contributed by atoms with Gasteiger partial charge in [-0.05, 0) is 29.8 Å². The number of halogens is 8. The number of hydrogen-bond acceptors (Lipinski definition) is 3. The molecule has 0 saturated carbocycles. The Hall–Kier alpha value is -1.95. The van der Waals surface area contributed by atoms with Gasteiger partial charge in [0.05, 0.1) is 26.9 Å². The molecule has 0 aliphatic rings. The first kappa shape index (κ1) is 25.1. The van der Waals surface area contributed by atoms with Crippen molar-refractivity contribution >= 4 is 43.3 Å². The van der Waals surface area contributed by atoms with Crippen LogP contribution in [0.2, 0.25) is 0 Å². The Morgan fingerprint density at radius 1 is 0.931 bits per heavy atom.